The maximum absolute atomic E-state index is 5.57. The number of anilines is 3. The molecule has 0 bridgehead atoms. The molecule has 7 nitrogen and oxygen atoms in total. The highest BCUT2D eigenvalue weighted by Gasteiger charge is 2.05. The van der Waals surface area contributed by atoms with Crippen LogP contribution in [-0.4, -0.2) is 26.5 Å². The maximum atomic E-state index is 5.57. The Kier molecular flexibility index (Phi) is 3.88. The van der Waals surface area contributed by atoms with Gasteiger partial charge in [-0.15, -0.1) is 0 Å². The monoisotopic (exact) mass is 310 g/mol. The number of hydrogen-bond acceptors (Lipinski definition) is 7. The van der Waals surface area contributed by atoms with Crippen LogP contribution in [0.3, 0.4) is 0 Å². The second-order valence-electron chi connectivity index (χ2n) is 3.25. The molecular weight excluding hydrogens is 300 g/mol. The number of nitrogen functional groups attached to an aromatic ring is 1. The first-order valence-corrected chi connectivity index (χ1v) is 5.98. The molecule has 0 spiro atoms. The number of pyridine rings is 1. The number of hydrogen-bond donors (Lipinski definition) is 2. The van der Waals surface area contributed by atoms with Gasteiger partial charge in [-0.3, -0.25) is 4.98 Å². The Morgan fingerprint density at radius 1 is 1.33 bits per heavy atom. The summed E-state index contributed by atoms with van der Waals surface area (Å²) >= 11 is 3.32. The molecule has 0 saturated heterocycles. The fourth-order valence-electron chi connectivity index (χ4n) is 1.23. The molecule has 18 heavy (non-hydrogen) atoms. The summed E-state index contributed by atoms with van der Waals surface area (Å²) in [4.78, 5) is 15.9. The van der Waals surface area contributed by atoms with E-state index >= 15 is 0 Å². The van der Waals surface area contributed by atoms with Crippen LogP contribution in [0.4, 0.5) is 17.6 Å². The van der Waals surface area contributed by atoms with Crippen LogP contribution < -0.4 is 15.8 Å². The van der Waals surface area contributed by atoms with Gasteiger partial charge in [0.1, 0.15) is 0 Å². The van der Waals surface area contributed by atoms with Gasteiger partial charge in [0.2, 0.25) is 11.9 Å². The van der Waals surface area contributed by atoms with Gasteiger partial charge >= 0.3 is 6.01 Å². The summed E-state index contributed by atoms with van der Waals surface area (Å²) in [5.74, 6) is 0.407. The summed E-state index contributed by atoms with van der Waals surface area (Å²) in [5, 5.41) is 2.97. The van der Waals surface area contributed by atoms with Crippen LogP contribution in [0.1, 0.15) is 6.92 Å². The number of aromatic nitrogens is 4. The molecule has 0 radical (unpaired) electrons. The normalized spacial score (nSPS) is 10.1. The van der Waals surface area contributed by atoms with Gasteiger partial charge < -0.3 is 15.8 Å². The van der Waals surface area contributed by atoms with Gasteiger partial charge in [-0.2, -0.15) is 15.0 Å². The second kappa shape index (κ2) is 5.58. The van der Waals surface area contributed by atoms with E-state index in [0.29, 0.717) is 12.6 Å². The number of ether oxygens (including phenoxy) is 1. The molecule has 2 aromatic heterocycles. The Hall–Kier alpha value is -1.96. The predicted octanol–water partition coefficient (Wildman–Crippen LogP) is 1.75. The number of nitrogens with zero attached hydrogens (tertiary/aromatic N) is 4. The van der Waals surface area contributed by atoms with Crippen molar-refractivity contribution in [1.82, 2.24) is 19.9 Å². The lowest BCUT2D eigenvalue weighted by Gasteiger charge is -2.07. The van der Waals surface area contributed by atoms with Gasteiger partial charge in [0.05, 0.1) is 18.5 Å². The van der Waals surface area contributed by atoms with E-state index in [1.54, 1.807) is 12.4 Å². The maximum Gasteiger partial charge on any atom is 0.323 e. The summed E-state index contributed by atoms with van der Waals surface area (Å²) in [6.45, 7) is 2.30. The fraction of sp³-hybridized carbons (Fsp3) is 0.200. The van der Waals surface area contributed by atoms with Crippen molar-refractivity contribution in [2.24, 2.45) is 0 Å². The lowest BCUT2D eigenvalue weighted by Crippen LogP contribution is -2.06. The van der Waals surface area contributed by atoms with Gasteiger partial charge in [0.15, 0.2) is 0 Å². The highest BCUT2D eigenvalue weighted by Crippen LogP contribution is 2.18. The van der Waals surface area contributed by atoms with Crippen molar-refractivity contribution in [3.05, 3.63) is 22.9 Å². The fourth-order valence-corrected chi connectivity index (χ4v) is 1.60. The van der Waals surface area contributed by atoms with E-state index in [2.05, 4.69) is 41.2 Å². The van der Waals surface area contributed by atoms with Crippen LogP contribution in [0, 0.1) is 0 Å². The van der Waals surface area contributed by atoms with Crippen LogP contribution in [0.5, 0.6) is 6.01 Å². The molecule has 2 rings (SSSR count). The Balaban J connectivity index is 2.23. The van der Waals surface area contributed by atoms with E-state index < -0.39 is 0 Å². The predicted molar refractivity (Wildman–Crippen MR) is 70.6 cm³/mol. The lowest BCUT2D eigenvalue weighted by atomic mass is 10.4. The van der Waals surface area contributed by atoms with Gasteiger partial charge in [0, 0.05) is 10.7 Å². The van der Waals surface area contributed by atoms with Gasteiger partial charge in [-0.05, 0) is 28.9 Å². The summed E-state index contributed by atoms with van der Waals surface area (Å²) in [7, 11) is 0. The zero-order chi connectivity index (χ0) is 13.0. The van der Waals surface area contributed by atoms with E-state index in [0.717, 1.165) is 10.2 Å². The van der Waals surface area contributed by atoms with E-state index in [1.807, 2.05) is 13.0 Å². The first kappa shape index (κ1) is 12.5. The second-order valence-corrected chi connectivity index (χ2v) is 4.17. The van der Waals surface area contributed by atoms with E-state index in [-0.39, 0.29) is 12.0 Å². The first-order chi connectivity index (χ1) is 8.67. The smallest absolute Gasteiger partial charge is 0.323 e. The average Bonchev–Trinajstić information content (AvgIpc) is 2.28. The molecule has 0 aliphatic heterocycles. The Morgan fingerprint density at radius 3 is 2.89 bits per heavy atom. The van der Waals surface area contributed by atoms with Gasteiger partial charge in [-0.1, -0.05) is 0 Å². The van der Waals surface area contributed by atoms with Crippen molar-refractivity contribution in [3.63, 3.8) is 0 Å². The standard InChI is InChI=1S/C10H11BrN6O/c1-2-18-10-16-8(12)15-9(17-10)14-7-3-6(11)4-13-5-7/h3-5H,2H2,1H3,(H3,12,14,15,16,17). The third kappa shape index (κ3) is 3.27. The van der Waals surface area contributed by atoms with Crippen molar-refractivity contribution in [1.29, 1.82) is 0 Å². The van der Waals surface area contributed by atoms with E-state index in [9.17, 15) is 0 Å². The Morgan fingerprint density at radius 2 is 2.17 bits per heavy atom. The third-order valence-electron chi connectivity index (χ3n) is 1.87. The Bertz CT molecular complexity index is 550. The summed E-state index contributed by atoms with van der Waals surface area (Å²) in [6.07, 6.45) is 3.32. The molecule has 0 unspecified atom stereocenters. The molecular formula is C10H11BrN6O. The molecule has 0 aliphatic rings. The van der Waals surface area contributed by atoms with Crippen molar-refractivity contribution in [2.75, 3.05) is 17.7 Å². The third-order valence-corrected chi connectivity index (χ3v) is 2.30. The van der Waals surface area contributed by atoms with Crippen LogP contribution in [0.2, 0.25) is 0 Å². The number of rotatable bonds is 4. The molecule has 2 heterocycles. The number of nitrogens with two attached hydrogens (primary N) is 1. The quantitative estimate of drug-likeness (QED) is 0.887. The lowest BCUT2D eigenvalue weighted by molar-refractivity contribution is 0.312. The molecule has 3 N–H and O–H groups in total. The van der Waals surface area contributed by atoms with Crippen molar-refractivity contribution >= 4 is 33.5 Å². The summed E-state index contributed by atoms with van der Waals surface area (Å²) in [6, 6.07) is 2.03. The zero-order valence-corrected chi connectivity index (χ0v) is 11.2. The molecule has 94 valence electrons. The molecule has 0 aromatic carbocycles. The Labute approximate surface area is 112 Å². The average molecular weight is 311 g/mol. The first-order valence-electron chi connectivity index (χ1n) is 5.19. The summed E-state index contributed by atoms with van der Waals surface area (Å²) in [5.41, 5.74) is 6.30. The van der Waals surface area contributed by atoms with E-state index in [4.69, 9.17) is 10.5 Å². The molecule has 0 fully saturated rings. The van der Waals surface area contributed by atoms with Gasteiger partial charge in [-0.25, -0.2) is 0 Å². The zero-order valence-electron chi connectivity index (χ0n) is 9.59. The van der Waals surface area contributed by atoms with Crippen LogP contribution in [-0.2, 0) is 0 Å². The molecule has 0 atom stereocenters. The number of halogens is 1. The molecule has 2 aromatic rings. The largest absolute Gasteiger partial charge is 0.464 e. The topological polar surface area (TPSA) is 98.8 Å². The highest BCUT2D eigenvalue weighted by atomic mass is 79.9. The minimum absolute atomic E-state index is 0.0962. The molecule has 0 amide bonds. The molecule has 0 aliphatic carbocycles. The van der Waals surface area contributed by atoms with Crippen molar-refractivity contribution in [3.8, 4) is 6.01 Å². The van der Waals surface area contributed by atoms with Gasteiger partial charge in [0.25, 0.3) is 0 Å². The number of nitrogens with one attached hydrogen (secondary N) is 1. The minimum Gasteiger partial charge on any atom is -0.464 e. The highest BCUT2D eigenvalue weighted by molar-refractivity contribution is 9.10. The molecule has 8 heteroatoms. The summed E-state index contributed by atoms with van der Waals surface area (Å²) < 4.78 is 6.03. The van der Waals surface area contributed by atoms with Crippen molar-refractivity contribution < 1.29 is 4.74 Å². The van der Waals surface area contributed by atoms with Crippen LogP contribution in [0.25, 0.3) is 0 Å². The van der Waals surface area contributed by atoms with Crippen molar-refractivity contribution in [2.45, 2.75) is 6.92 Å². The SMILES string of the molecule is CCOc1nc(N)nc(Nc2cncc(Br)c2)n1. The minimum atomic E-state index is 0.0962. The molecule has 0 saturated carbocycles. The van der Waals surface area contributed by atoms with E-state index in [1.165, 1.54) is 0 Å². The van der Waals surface area contributed by atoms with Crippen LogP contribution in [0.15, 0.2) is 22.9 Å². The van der Waals surface area contributed by atoms with Crippen LogP contribution >= 0.6 is 15.9 Å².